The van der Waals surface area contributed by atoms with Gasteiger partial charge in [0.1, 0.15) is 24.7 Å². The highest BCUT2D eigenvalue weighted by atomic mass is 16.5. The molecule has 0 aliphatic carbocycles. The molecule has 0 fully saturated rings. The summed E-state index contributed by atoms with van der Waals surface area (Å²) in [7, 11) is 0. The van der Waals surface area contributed by atoms with Crippen LogP contribution in [-0.4, -0.2) is 23.4 Å². The number of nitrogens with zero attached hydrogens (tertiary/aromatic N) is 1. The summed E-state index contributed by atoms with van der Waals surface area (Å²) in [6.45, 7) is 2.15. The van der Waals surface area contributed by atoms with E-state index in [1.807, 2.05) is 54.6 Å². The number of nitriles is 1. The molecule has 3 aromatic rings. The second-order valence-electron chi connectivity index (χ2n) is 7.60. The molecule has 0 spiro atoms. The van der Waals surface area contributed by atoms with Crippen LogP contribution in [0.25, 0.3) is 0 Å². The van der Waals surface area contributed by atoms with Gasteiger partial charge in [0.15, 0.2) is 0 Å². The normalized spacial score (nSPS) is 12.2. The summed E-state index contributed by atoms with van der Waals surface area (Å²) in [5, 5.41) is 26.5. The van der Waals surface area contributed by atoms with Crippen LogP contribution in [0.4, 0.5) is 0 Å². The second kappa shape index (κ2) is 10.3. The summed E-state index contributed by atoms with van der Waals surface area (Å²) in [5.74, 6) is 0.285. The van der Waals surface area contributed by atoms with Gasteiger partial charge in [0.2, 0.25) is 0 Å². The molecule has 0 aromatic heterocycles. The number of nitrogens with one attached hydrogen (secondary N) is 1. The first-order chi connectivity index (χ1) is 15.4. The van der Waals surface area contributed by atoms with Gasteiger partial charge in [-0.3, -0.25) is 4.79 Å². The van der Waals surface area contributed by atoms with Crippen molar-refractivity contribution in [1.82, 2.24) is 0 Å². The predicted molar refractivity (Wildman–Crippen MR) is 121 cm³/mol. The number of ether oxygens (including phenoxy) is 2. The van der Waals surface area contributed by atoms with E-state index in [-0.39, 0.29) is 13.0 Å². The summed E-state index contributed by atoms with van der Waals surface area (Å²) in [5.41, 5.74) is 1.75. The van der Waals surface area contributed by atoms with Gasteiger partial charge >= 0.3 is 5.97 Å². The number of carboxylic acids is 1. The fraction of sp³-hybridized carbons (Fsp3) is 0.192. The van der Waals surface area contributed by atoms with Crippen molar-refractivity contribution in [2.24, 2.45) is 0 Å². The summed E-state index contributed by atoms with van der Waals surface area (Å²) >= 11 is 0. The maximum absolute atomic E-state index is 11.0. The van der Waals surface area contributed by atoms with E-state index in [1.54, 1.807) is 31.2 Å². The van der Waals surface area contributed by atoms with Gasteiger partial charge in [-0.2, -0.15) is 5.26 Å². The van der Waals surface area contributed by atoms with E-state index in [9.17, 15) is 10.1 Å². The number of aliphatic carboxylic acids is 1. The van der Waals surface area contributed by atoms with Crippen LogP contribution in [0.2, 0.25) is 0 Å². The Hall–Kier alpha value is -4.11. The molecule has 0 amide bonds. The van der Waals surface area contributed by atoms with Crippen molar-refractivity contribution < 1.29 is 19.4 Å². The Labute approximate surface area is 187 Å². The van der Waals surface area contributed by atoms with Gasteiger partial charge in [0, 0.05) is 0 Å². The Morgan fingerprint density at radius 2 is 1.56 bits per heavy atom. The van der Waals surface area contributed by atoms with E-state index >= 15 is 0 Å². The summed E-state index contributed by atoms with van der Waals surface area (Å²) < 4.78 is 11.5. The molecule has 32 heavy (non-hydrogen) atoms. The molecule has 1 atom stereocenters. The molecule has 0 aliphatic heterocycles. The molecular weight excluding hydrogens is 404 g/mol. The van der Waals surface area contributed by atoms with Crippen LogP contribution in [0.3, 0.4) is 0 Å². The average molecular weight is 428 g/mol. The van der Waals surface area contributed by atoms with Crippen LogP contribution in [0.5, 0.6) is 11.5 Å². The zero-order valence-electron chi connectivity index (χ0n) is 17.7. The molecule has 0 saturated heterocycles. The number of rotatable bonds is 10. The maximum Gasteiger partial charge on any atom is 0.305 e. The van der Waals surface area contributed by atoms with E-state index in [4.69, 9.17) is 20.0 Å². The molecule has 6 heteroatoms. The van der Waals surface area contributed by atoms with Gasteiger partial charge in [0.05, 0.1) is 23.6 Å². The largest absolute Gasteiger partial charge is 0.489 e. The van der Waals surface area contributed by atoms with Crippen molar-refractivity contribution in [3.05, 3.63) is 95.6 Å². The Kier molecular flexibility index (Phi) is 7.25. The Morgan fingerprint density at radius 1 is 0.969 bits per heavy atom. The third kappa shape index (κ3) is 5.96. The number of benzene rings is 3. The first-order valence-corrected chi connectivity index (χ1v) is 10.1. The van der Waals surface area contributed by atoms with E-state index in [0.29, 0.717) is 29.4 Å². The number of hydrogen-bond acceptors (Lipinski definition) is 5. The van der Waals surface area contributed by atoms with Gasteiger partial charge in [0.25, 0.3) is 0 Å². The zero-order chi connectivity index (χ0) is 23.0. The van der Waals surface area contributed by atoms with Crippen molar-refractivity contribution in [1.29, 1.82) is 10.7 Å². The summed E-state index contributed by atoms with van der Waals surface area (Å²) in [6, 6.07) is 25.9. The standard InChI is InChI=1S/C26H24N2O4/c1-26(18-27,15-25(29)30)21-9-13-23(14-10-21)31-16-19-7-11-22(12-8-19)32-17-24(28)20-5-3-2-4-6-20/h2-14,28H,15-17H2,1H3,(H,29,30). The molecule has 0 bridgehead atoms. The Balaban J connectivity index is 1.52. The Morgan fingerprint density at radius 3 is 2.16 bits per heavy atom. The Bertz CT molecular complexity index is 1100. The van der Waals surface area contributed by atoms with Gasteiger partial charge in [-0.25, -0.2) is 0 Å². The van der Waals surface area contributed by atoms with E-state index in [1.165, 1.54) is 0 Å². The monoisotopic (exact) mass is 428 g/mol. The van der Waals surface area contributed by atoms with Gasteiger partial charge in [-0.05, 0) is 47.9 Å². The number of hydrogen-bond donors (Lipinski definition) is 2. The predicted octanol–water partition coefficient (Wildman–Crippen LogP) is 4.97. The first-order valence-electron chi connectivity index (χ1n) is 10.1. The summed E-state index contributed by atoms with van der Waals surface area (Å²) in [4.78, 5) is 11.0. The second-order valence-corrected chi connectivity index (χ2v) is 7.60. The molecule has 0 aliphatic rings. The zero-order valence-corrected chi connectivity index (χ0v) is 17.7. The maximum atomic E-state index is 11.0. The molecule has 3 rings (SSSR count). The topological polar surface area (TPSA) is 103 Å². The smallest absolute Gasteiger partial charge is 0.305 e. The van der Waals surface area contributed by atoms with E-state index in [0.717, 1.165) is 11.1 Å². The van der Waals surface area contributed by atoms with Gasteiger partial charge in [-0.15, -0.1) is 0 Å². The minimum absolute atomic E-state index is 0.190. The molecule has 0 heterocycles. The van der Waals surface area contributed by atoms with Gasteiger partial charge in [-0.1, -0.05) is 54.6 Å². The molecular formula is C26H24N2O4. The van der Waals surface area contributed by atoms with Crippen molar-refractivity contribution in [3.63, 3.8) is 0 Å². The lowest BCUT2D eigenvalue weighted by Gasteiger charge is -2.20. The highest BCUT2D eigenvalue weighted by molar-refractivity contribution is 5.99. The van der Waals surface area contributed by atoms with Crippen LogP contribution >= 0.6 is 0 Å². The molecule has 2 N–H and O–H groups in total. The van der Waals surface area contributed by atoms with Crippen molar-refractivity contribution >= 4 is 11.7 Å². The third-order valence-electron chi connectivity index (χ3n) is 5.08. The van der Waals surface area contributed by atoms with E-state index < -0.39 is 11.4 Å². The fourth-order valence-corrected chi connectivity index (χ4v) is 3.15. The summed E-state index contributed by atoms with van der Waals surface area (Å²) in [6.07, 6.45) is -0.261. The van der Waals surface area contributed by atoms with Crippen LogP contribution in [0.15, 0.2) is 78.9 Å². The average Bonchev–Trinajstić information content (AvgIpc) is 2.82. The van der Waals surface area contributed by atoms with Crippen molar-refractivity contribution in [2.75, 3.05) is 6.61 Å². The lowest BCUT2D eigenvalue weighted by molar-refractivity contribution is -0.137. The minimum atomic E-state index is -1.09. The van der Waals surface area contributed by atoms with Gasteiger partial charge < -0.3 is 20.0 Å². The van der Waals surface area contributed by atoms with E-state index in [2.05, 4.69) is 6.07 Å². The fourth-order valence-electron chi connectivity index (χ4n) is 3.15. The lowest BCUT2D eigenvalue weighted by Crippen LogP contribution is -2.23. The van der Waals surface area contributed by atoms with Crippen LogP contribution in [-0.2, 0) is 16.8 Å². The number of carboxylic acid groups (broad SMARTS) is 1. The molecule has 1 unspecified atom stereocenters. The van der Waals surface area contributed by atoms with Crippen molar-refractivity contribution in [2.45, 2.75) is 25.4 Å². The third-order valence-corrected chi connectivity index (χ3v) is 5.08. The minimum Gasteiger partial charge on any atom is -0.489 e. The van der Waals surface area contributed by atoms with Crippen LogP contribution in [0, 0.1) is 16.7 Å². The first kappa shape index (κ1) is 22.6. The molecule has 162 valence electrons. The lowest BCUT2D eigenvalue weighted by atomic mass is 9.81. The quantitative estimate of drug-likeness (QED) is 0.444. The highest BCUT2D eigenvalue weighted by Gasteiger charge is 2.29. The van der Waals surface area contributed by atoms with Crippen LogP contribution < -0.4 is 9.47 Å². The molecule has 0 saturated carbocycles. The van der Waals surface area contributed by atoms with Crippen LogP contribution in [0.1, 0.15) is 30.0 Å². The molecule has 0 radical (unpaired) electrons. The SMILES string of the molecule is CC(C#N)(CC(=O)O)c1ccc(OCc2ccc(OCC(=N)c3ccccc3)cc2)cc1. The van der Waals surface area contributed by atoms with Crippen molar-refractivity contribution in [3.8, 4) is 17.6 Å². The molecule has 6 nitrogen and oxygen atoms in total. The molecule has 3 aromatic carbocycles. The number of carbonyl (C=O) groups is 1. The highest BCUT2D eigenvalue weighted by Crippen LogP contribution is 2.28.